The van der Waals surface area contributed by atoms with Gasteiger partial charge in [-0.3, -0.25) is 0 Å². The van der Waals surface area contributed by atoms with Gasteiger partial charge in [-0.2, -0.15) is 0 Å². The van der Waals surface area contributed by atoms with E-state index >= 15 is 0 Å². The summed E-state index contributed by atoms with van der Waals surface area (Å²) in [6.07, 6.45) is 4.33. The van der Waals surface area contributed by atoms with Crippen molar-refractivity contribution >= 4 is 22.6 Å². The van der Waals surface area contributed by atoms with Crippen LogP contribution in [0.5, 0.6) is 0 Å². The Hall–Kier alpha value is -1.09. The first-order valence-electron chi connectivity index (χ1n) is 4.75. The molecule has 0 radical (unpaired) electrons. The van der Waals surface area contributed by atoms with Crippen molar-refractivity contribution in [1.82, 2.24) is 14.5 Å². The van der Waals surface area contributed by atoms with Crippen LogP contribution in [0.25, 0.3) is 11.0 Å². The summed E-state index contributed by atoms with van der Waals surface area (Å²) >= 11 is 6.11. The Kier molecular flexibility index (Phi) is 1.59. The SMILES string of the molecule is Cc1cc2ncn(C3CC3)c2c(Cl)n1. The van der Waals surface area contributed by atoms with E-state index < -0.39 is 0 Å². The number of pyridine rings is 1. The van der Waals surface area contributed by atoms with Crippen molar-refractivity contribution in [3.05, 3.63) is 23.2 Å². The molecule has 0 aromatic carbocycles. The zero-order chi connectivity index (χ0) is 9.71. The van der Waals surface area contributed by atoms with Gasteiger partial charge in [-0.05, 0) is 25.8 Å². The number of rotatable bonds is 1. The number of nitrogens with zero attached hydrogens (tertiary/aromatic N) is 3. The van der Waals surface area contributed by atoms with Gasteiger partial charge in [0, 0.05) is 11.7 Å². The van der Waals surface area contributed by atoms with Crippen molar-refractivity contribution < 1.29 is 0 Å². The van der Waals surface area contributed by atoms with Gasteiger partial charge in [0.2, 0.25) is 0 Å². The van der Waals surface area contributed by atoms with Gasteiger partial charge in [0.15, 0.2) is 5.15 Å². The molecule has 1 saturated carbocycles. The first-order valence-corrected chi connectivity index (χ1v) is 5.13. The van der Waals surface area contributed by atoms with E-state index in [1.807, 2.05) is 19.3 Å². The Morgan fingerprint density at radius 3 is 3.00 bits per heavy atom. The van der Waals surface area contributed by atoms with E-state index in [2.05, 4.69) is 14.5 Å². The molecule has 0 saturated heterocycles. The molecule has 3 nitrogen and oxygen atoms in total. The van der Waals surface area contributed by atoms with Crippen LogP contribution in [0.3, 0.4) is 0 Å². The van der Waals surface area contributed by atoms with Crippen molar-refractivity contribution in [3.63, 3.8) is 0 Å². The highest BCUT2D eigenvalue weighted by atomic mass is 35.5. The summed E-state index contributed by atoms with van der Waals surface area (Å²) in [6, 6.07) is 2.57. The van der Waals surface area contributed by atoms with Gasteiger partial charge in [0.05, 0.1) is 11.8 Å². The van der Waals surface area contributed by atoms with Crippen molar-refractivity contribution in [1.29, 1.82) is 0 Å². The first kappa shape index (κ1) is 8.24. The van der Waals surface area contributed by atoms with E-state index in [0.29, 0.717) is 11.2 Å². The summed E-state index contributed by atoms with van der Waals surface area (Å²) in [6.45, 7) is 1.93. The maximum Gasteiger partial charge on any atom is 0.155 e. The van der Waals surface area contributed by atoms with Gasteiger partial charge < -0.3 is 4.57 Å². The molecule has 0 spiro atoms. The molecule has 1 aliphatic carbocycles. The number of aryl methyl sites for hydroxylation is 1. The normalized spacial score (nSPS) is 16.4. The van der Waals surface area contributed by atoms with Crippen molar-refractivity contribution in [2.24, 2.45) is 0 Å². The zero-order valence-electron chi connectivity index (χ0n) is 7.87. The Balaban J connectivity index is 2.33. The van der Waals surface area contributed by atoms with Crippen molar-refractivity contribution in [3.8, 4) is 0 Å². The highest BCUT2D eigenvalue weighted by molar-refractivity contribution is 6.33. The average molecular weight is 208 g/mol. The Morgan fingerprint density at radius 1 is 1.50 bits per heavy atom. The lowest BCUT2D eigenvalue weighted by atomic mass is 10.3. The molecule has 0 unspecified atom stereocenters. The maximum absolute atomic E-state index is 6.11. The summed E-state index contributed by atoms with van der Waals surface area (Å²) in [4.78, 5) is 8.59. The number of hydrogen-bond acceptors (Lipinski definition) is 2. The van der Waals surface area contributed by atoms with Crippen LogP contribution < -0.4 is 0 Å². The number of imidazole rings is 1. The van der Waals surface area contributed by atoms with E-state index in [1.54, 1.807) is 0 Å². The molecule has 2 heterocycles. The van der Waals surface area contributed by atoms with Crippen LogP contribution in [0, 0.1) is 6.92 Å². The third-order valence-corrected chi connectivity index (χ3v) is 2.84. The topological polar surface area (TPSA) is 30.7 Å². The second-order valence-corrected chi connectivity index (χ2v) is 4.16. The number of fused-ring (bicyclic) bond motifs is 1. The van der Waals surface area contributed by atoms with E-state index in [4.69, 9.17) is 11.6 Å². The Labute approximate surface area is 86.7 Å². The number of aromatic nitrogens is 3. The molecular weight excluding hydrogens is 198 g/mol. The average Bonchev–Trinajstić information content (AvgIpc) is 2.87. The second kappa shape index (κ2) is 2.70. The molecule has 2 aromatic rings. The summed E-state index contributed by atoms with van der Waals surface area (Å²) in [5, 5.41) is 0.574. The second-order valence-electron chi connectivity index (χ2n) is 3.81. The smallest absolute Gasteiger partial charge is 0.155 e. The highest BCUT2D eigenvalue weighted by Gasteiger charge is 2.26. The standard InChI is InChI=1S/C10H10ClN3/c1-6-4-8-9(10(11)13-6)14(5-12-8)7-2-3-7/h4-5,7H,2-3H2,1H3. The molecule has 2 aromatic heterocycles. The van der Waals surface area contributed by atoms with Crippen LogP contribution in [0.1, 0.15) is 24.6 Å². The van der Waals surface area contributed by atoms with E-state index in [0.717, 1.165) is 16.7 Å². The van der Waals surface area contributed by atoms with Crippen LogP contribution in [0.15, 0.2) is 12.4 Å². The maximum atomic E-state index is 6.11. The lowest BCUT2D eigenvalue weighted by Gasteiger charge is -2.02. The quantitative estimate of drug-likeness (QED) is 0.674. The third-order valence-electron chi connectivity index (χ3n) is 2.58. The Morgan fingerprint density at radius 2 is 2.29 bits per heavy atom. The summed E-state index contributed by atoms with van der Waals surface area (Å²) in [5.41, 5.74) is 2.86. The predicted octanol–water partition coefficient (Wildman–Crippen LogP) is 2.73. The molecule has 3 rings (SSSR count). The van der Waals surface area contributed by atoms with Crippen molar-refractivity contribution in [2.45, 2.75) is 25.8 Å². The van der Waals surface area contributed by atoms with Gasteiger partial charge in [-0.25, -0.2) is 9.97 Å². The molecule has 1 fully saturated rings. The summed E-state index contributed by atoms with van der Waals surface area (Å²) in [7, 11) is 0. The third kappa shape index (κ3) is 1.12. The molecular formula is C10H10ClN3. The van der Waals surface area contributed by atoms with E-state index in [-0.39, 0.29) is 0 Å². The van der Waals surface area contributed by atoms with Crippen molar-refractivity contribution in [2.75, 3.05) is 0 Å². The molecule has 0 N–H and O–H groups in total. The zero-order valence-corrected chi connectivity index (χ0v) is 8.62. The lowest BCUT2D eigenvalue weighted by molar-refractivity contribution is 0.764. The molecule has 0 amide bonds. The molecule has 0 aliphatic heterocycles. The fraction of sp³-hybridized carbons (Fsp3) is 0.400. The monoisotopic (exact) mass is 207 g/mol. The van der Waals surface area contributed by atoms with Gasteiger partial charge in [0.25, 0.3) is 0 Å². The molecule has 1 aliphatic rings. The van der Waals surface area contributed by atoms with Gasteiger partial charge in [-0.1, -0.05) is 11.6 Å². The van der Waals surface area contributed by atoms with Crippen LogP contribution in [0.2, 0.25) is 5.15 Å². The minimum Gasteiger partial charge on any atom is -0.325 e. The largest absolute Gasteiger partial charge is 0.325 e. The Bertz CT molecular complexity index is 499. The van der Waals surface area contributed by atoms with Crippen LogP contribution in [0.4, 0.5) is 0 Å². The van der Waals surface area contributed by atoms with Gasteiger partial charge >= 0.3 is 0 Å². The molecule has 72 valence electrons. The van der Waals surface area contributed by atoms with Crippen LogP contribution >= 0.6 is 11.6 Å². The predicted molar refractivity (Wildman–Crippen MR) is 55.5 cm³/mol. The minimum absolute atomic E-state index is 0.574. The number of halogens is 1. The van der Waals surface area contributed by atoms with Crippen LogP contribution in [-0.4, -0.2) is 14.5 Å². The van der Waals surface area contributed by atoms with Gasteiger partial charge in [-0.15, -0.1) is 0 Å². The lowest BCUT2D eigenvalue weighted by Crippen LogP contribution is -1.93. The molecule has 4 heteroatoms. The summed E-state index contributed by atoms with van der Waals surface area (Å²) < 4.78 is 2.14. The molecule has 14 heavy (non-hydrogen) atoms. The highest BCUT2D eigenvalue weighted by Crippen LogP contribution is 2.38. The van der Waals surface area contributed by atoms with E-state index in [1.165, 1.54) is 12.8 Å². The fourth-order valence-electron chi connectivity index (χ4n) is 1.76. The molecule has 0 bridgehead atoms. The van der Waals surface area contributed by atoms with Gasteiger partial charge in [0.1, 0.15) is 5.52 Å². The van der Waals surface area contributed by atoms with E-state index in [9.17, 15) is 0 Å². The van der Waals surface area contributed by atoms with Crippen LogP contribution in [-0.2, 0) is 0 Å². The first-order chi connectivity index (χ1) is 6.75. The summed E-state index contributed by atoms with van der Waals surface area (Å²) in [5.74, 6) is 0. The fourth-order valence-corrected chi connectivity index (χ4v) is 2.09. The molecule has 0 atom stereocenters. The minimum atomic E-state index is 0.574. The number of hydrogen-bond donors (Lipinski definition) is 0.